The number of aryl methyl sites for hydroxylation is 2. The quantitative estimate of drug-likeness (QED) is 0.423. The second-order valence-corrected chi connectivity index (χ2v) is 7.75. The molecule has 32 heavy (non-hydrogen) atoms. The summed E-state index contributed by atoms with van der Waals surface area (Å²) in [6.45, 7) is 3.88. The first-order valence-corrected chi connectivity index (χ1v) is 10.3. The van der Waals surface area contributed by atoms with E-state index in [1.165, 1.54) is 0 Å². The molecule has 0 spiro atoms. The number of benzene rings is 2. The Balaban J connectivity index is 1.65. The van der Waals surface area contributed by atoms with Crippen LogP contribution in [0.5, 0.6) is 17.5 Å². The highest BCUT2D eigenvalue weighted by atomic mass is 16.5. The normalized spacial score (nSPS) is 14.7. The largest absolute Gasteiger partial charge is 0.497 e. The van der Waals surface area contributed by atoms with E-state index < -0.39 is 0 Å². The minimum Gasteiger partial charge on any atom is -0.497 e. The van der Waals surface area contributed by atoms with Crippen molar-refractivity contribution in [1.29, 1.82) is 0 Å². The molecule has 6 rings (SSSR count). The Kier molecular flexibility index (Phi) is 4.01. The molecule has 0 bridgehead atoms. The van der Waals surface area contributed by atoms with Crippen LogP contribution in [0, 0.1) is 13.8 Å². The van der Waals surface area contributed by atoms with E-state index in [1.807, 2.05) is 61.0 Å². The predicted octanol–water partition coefficient (Wildman–Crippen LogP) is 4.22. The third-order valence-electron chi connectivity index (χ3n) is 5.78. The molecule has 0 saturated carbocycles. The number of hydrogen-bond acceptors (Lipinski definition) is 6. The third-order valence-corrected chi connectivity index (χ3v) is 5.78. The van der Waals surface area contributed by atoms with Crippen molar-refractivity contribution in [2.45, 2.75) is 19.8 Å². The van der Waals surface area contributed by atoms with Gasteiger partial charge in [0, 0.05) is 0 Å². The Bertz CT molecular complexity index is 1450. The van der Waals surface area contributed by atoms with Gasteiger partial charge >= 0.3 is 0 Å². The number of ether oxygens (including phenoxy) is 2. The van der Waals surface area contributed by atoms with E-state index in [1.54, 1.807) is 18.0 Å². The molecule has 3 aromatic heterocycles. The van der Waals surface area contributed by atoms with Crippen LogP contribution in [0.25, 0.3) is 11.3 Å². The van der Waals surface area contributed by atoms with Gasteiger partial charge in [0.2, 0.25) is 11.8 Å². The molecule has 0 saturated heterocycles. The lowest BCUT2D eigenvalue weighted by Crippen LogP contribution is -2.16. The van der Waals surface area contributed by atoms with E-state index in [-0.39, 0.29) is 5.92 Å². The summed E-state index contributed by atoms with van der Waals surface area (Å²) >= 11 is 0. The fourth-order valence-corrected chi connectivity index (χ4v) is 4.36. The van der Waals surface area contributed by atoms with E-state index in [0.717, 1.165) is 39.5 Å². The Morgan fingerprint density at radius 1 is 0.938 bits per heavy atom. The summed E-state index contributed by atoms with van der Waals surface area (Å²) in [5, 5.41) is 9.29. The van der Waals surface area contributed by atoms with E-state index in [9.17, 15) is 0 Å². The molecule has 1 unspecified atom stereocenters. The Morgan fingerprint density at radius 2 is 1.72 bits per heavy atom. The zero-order valence-corrected chi connectivity index (χ0v) is 17.9. The van der Waals surface area contributed by atoms with Crippen LogP contribution < -0.4 is 9.47 Å². The van der Waals surface area contributed by atoms with Crippen LogP contribution >= 0.6 is 0 Å². The molecule has 0 radical (unpaired) electrons. The summed E-state index contributed by atoms with van der Waals surface area (Å²) in [5.41, 5.74) is 5.47. The Labute approximate surface area is 184 Å². The first-order chi connectivity index (χ1) is 15.6. The first-order valence-electron chi connectivity index (χ1n) is 10.3. The van der Waals surface area contributed by atoms with E-state index in [4.69, 9.17) is 14.6 Å². The monoisotopic (exact) mass is 424 g/mol. The van der Waals surface area contributed by atoms with Gasteiger partial charge in [0.25, 0.3) is 0 Å². The minimum atomic E-state index is -0.170. The molecular formula is C24H20N6O2. The minimum absolute atomic E-state index is 0.170. The van der Waals surface area contributed by atoms with Crippen molar-refractivity contribution in [2.24, 2.45) is 0 Å². The topological polar surface area (TPSA) is 79.4 Å². The summed E-state index contributed by atoms with van der Waals surface area (Å²) in [6.07, 6.45) is 1.64. The zero-order chi connectivity index (χ0) is 21.8. The SMILES string of the molecule is COc1ccc(C2c3c(C)nn(-c4ccccc4)c3Oc3ncn4nc(C)nc4c32)cc1. The lowest BCUT2D eigenvalue weighted by Gasteiger charge is -2.26. The number of nitrogens with zero attached hydrogens (tertiary/aromatic N) is 6. The van der Waals surface area contributed by atoms with Gasteiger partial charge in [-0.15, -0.1) is 0 Å². The molecule has 1 aliphatic rings. The van der Waals surface area contributed by atoms with Gasteiger partial charge in [0.05, 0.1) is 35.5 Å². The lowest BCUT2D eigenvalue weighted by atomic mass is 9.84. The molecule has 5 aromatic rings. The highest BCUT2D eigenvalue weighted by molar-refractivity contribution is 5.66. The van der Waals surface area contributed by atoms with Gasteiger partial charge in [-0.3, -0.25) is 0 Å². The fourth-order valence-electron chi connectivity index (χ4n) is 4.36. The van der Waals surface area contributed by atoms with E-state index in [2.05, 4.69) is 27.2 Å². The number of rotatable bonds is 3. The Hall–Kier alpha value is -4.20. The smallest absolute Gasteiger partial charge is 0.230 e. The summed E-state index contributed by atoms with van der Waals surface area (Å²) in [4.78, 5) is 9.27. The first kappa shape index (κ1) is 18.6. The van der Waals surface area contributed by atoms with E-state index in [0.29, 0.717) is 17.6 Å². The summed E-state index contributed by atoms with van der Waals surface area (Å²) in [6, 6.07) is 18.0. The van der Waals surface area contributed by atoms with Crippen LogP contribution in [0.4, 0.5) is 0 Å². The van der Waals surface area contributed by atoms with Gasteiger partial charge in [-0.25, -0.2) is 19.2 Å². The van der Waals surface area contributed by atoms with Crippen molar-refractivity contribution in [2.75, 3.05) is 7.11 Å². The van der Waals surface area contributed by atoms with Crippen molar-refractivity contribution in [3.63, 3.8) is 0 Å². The highest BCUT2D eigenvalue weighted by Crippen LogP contribution is 2.49. The third kappa shape index (κ3) is 2.69. The van der Waals surface area contributed by atoms with Gasteiger partial charge in [0.15, 0.2) is 5.65 Å². The second-order valence-electron chi connectivity index (χ2n) is 7.75. The van der Waals surface area contributed by atoms with Crippen molar-refractivity contribution in [3.8, 4) is 23.2 Å². The second kappa shape index (κ2) is 6.91. The van der Waals surface area contributed by atoms with Crippen LogP contribution in [-0.4, -0.2) is 36.5 Å². The van der Waals surface area contributed by atoms with Gasteiger partial charge in [-0.2, -0.15) is 10.2 Å². The van der Waals surface area contributed by atoms with Crippen LogP contribution in [0.1, 0.15) is 34.1 Å². The lowest BCUT2D eigenvalue weighted by molar-refractivity contribution is 0.402. The molecule has 8 heteroatoms. The van der Waals surface area contributed by atoms with Crippen molar-refractivity contribution >= 4 is 5.65 Å². The fraction of sp³-hybridized carbons (Fsp3) is 0.167. The predicted molar refractivity (Wildman–Crippen MR) is 118 cm³/mol. The summed E-state index contributed by atoms with van der Waals surface area (Å²) < 4.78 is 15.3. The summed E-state index contributed by atoms with van der Waals surface area (Å²) in [5.74, 6) is 2.48. The van der Waals surface area contributed by atoms with Crippen LogP contribution in [-0.2, 0) is 0 Å². The van der Waals surface area contributed by atoms with Crippen LogP contribution in [0.15, 0.2) is 60.9 Å². The average molecular weight is 424 g/mol. The highest BCUT2D eigenvalue weighted by Gasteiger charge is 2.38. The van der Waals surface area contributed by atoms with Gasteiger partial charge in [-0.1, -0.05) is 30.3 Å². The summed E-state index contributed by atoms with van der Waals surface area (Å²) in [7, 11) is 1.66. The van der Waals surface area contributed by atoms with Gasteiger partial charge < -0.3 is 9.47 Å². The molecular weight excluding hydrogens is 404 g/mol. The molecule has 0 N–H and O–H groups in total. The number of para-hydroxylation sites is 1. The molecule has 0 fully saturated rings. The molecule has 158 valence electrons. The maximum atomic E-state index is 6.38. The molecule has 8 nitrogen and oxygen atoms in total. The number of aromatic nitrogens is 6. The number of methoxy groups -OCH3 is 1. The number of fused-ring (bicyclic) bond motifs is 4. The van der Waals surface area contributed by atoms with Crippen molar-refractivity contribution in [1.82, 2.24) is 29.4 Å². The standard InChI is InChI=1S/C24H20N6O2/c1-14-19-20(16-9-11-18(31-3)12-10-16)21-22-26-15(2)28-29(22)13-25-23(21)32-24(19)30(27-14)17-7-5-4-6-8-17/h4-13,20H,1-3H3. The zero-order valence-electron chi connectivity index (χ0n) is 17.9. The maximum Gasteiger partial charge on any atom is 0.230 e. The van der Waals surface area contributed by atoms with Crippen molar-refractivity contribution < 1.29 is 9.47 Å². The van der Waals surface area contributed by atoms with Crippen molar-refractivity contribution in [3.05, 3.63) is 89.1 Å². The average Bonchev–Trinajstić information content (AvgIpc) is 3.37. The molecule has 0 amide bonds. The van der Waals surface area contributed by atoms with Gasteiger partial charge in [-0.05, 0) is 43.7 Å². The molecule has 4 heterocycles. The van der Waals surface area contributed by atoms with Crippen LogP contribution in [0.3, 0.4) is 0 Å². The maximum absolute atomic E-state index is 6.38. The van der Waals surface area contributed by atoms with Crippen LogP contribution in [0.2, 0.25) is 0 Å². The Morgan fingerprint density at radius 3 is 2.47 bits per heavy atom. The van der Waals surface area contributed by atoms with Gasteiger partial charge in [0.1, 0.15) is 17.9 Å². The molecule has 2 aromatic carbocycles. The van der Waals surface area contributed by atoms with E-state index >= 15 is 0 Å². The molecule has 0 aliphatic carbocycles. The molecule has 1 aliphatic heterocycles. The molecule has 1 atom stereocenters. The number of hydrogen-bond donors (Lipinski definition) is 0.